The van der Waals surface area contributed by atoms with Crippen LogP contribution in [0.1, 0.15) is 17.2 Å². The third-order valence-electron chi connectivity index (χ3n) is 4.66. The van der Waals surface area contributed by atoms with Gasteiger partial charge in [0.05, 0.1) is 18.5 Å². The van der Waals surface area contributed by atoms with Crippen LogP contribution in [0.25, 0.3) is 0 Å². The van der Waals surface area contributed by atoms with Gasteiger partial charge in [-0.05, 0) is 42.0 Å². The van der Waals surface area contributed by atoms with E-state index in [1.807, 2.05) is 83.9 Å². The molecule has 4 rings (SSSR count). The number of methoxy groups -OCH3 is 1. The monoisotopic (exact) mass is 422 g/mol. The molecule has 0 radical (unpaired) electrons. The summed E-state index contributed by atoms with van der Waals surface area (Å²) >= 11 is 3.48. The molecule has 2 unspecified atom stereocenters. The molecule has 0 fully saturated rings. The first-order valence-corrected chi connectivity index (χ1v) is 9.47. The number of rotatable bonds is 4. The second kappa shape index (κ2) is 7.55. The highest BCUT2D eigenvalue weighted by molar-refractivity contribution is 9.10. The number of nitrogens with zero attached hydrogens (tertiary/aromatic N) is 2. The first kappa shape index (κ1) is 17.8. The Bertz CT molecular complexity index is 958. The molecule has 3 aromatic rings. The molecule has 0 spiro atoms. The molecule has 27 heavy (non-hydrogen) atoms. The minimum atomic E-state index is -0.765. The Hall–Kier alpha value is -2.63. The Morgan fingerprint density at radius 1 is 0.963 bits per heavy atom. The van der Waals surface area contributed by atoms with Gasteiger partial charge in [0.15, 0.2) is 0 Å². The predicted molar refractivity (Wildman–Crippen MR) is 111 cm³/mol. The molecular weight excluding hydrogens is 404 g/mol. The summed E-state index contributed by atoms with van der Waals surface area (Å²) < 4.78 is 6.33. The summed E-state index contributed by atoms with van der Waals surface area (Å²) in [5.41, 5.74) is 3.41. The summed E-state index contributed by atoms with van der Waals surface area (Å²) in [6.07, 6.45) is -0.765. The van der Waals surface area contributed by atoms with Crippen molar-refractivity contribution in [2.45, 2.75) is 12.1 Å². The molecule has 0 saturated carbocycles. The van der Waals surface area contributed by atoms with Crippen LogP contribution in [0.15, 0.2) is 88.4 Å². The summed E-state index contributed by atoms with van der Waals surface area (Å²) in [4.78, 5) is 0. The zero-order valence-corrected chi connectivity index (χ0v) is 16.4. The number of benzene rings is 3. The van der Waals surface area contributed by atoms with Gasteiger partial charge in [-0.25, -0.2) is 0 Å². The van der Waals surface area contributed by atoms with Gasteiger partial charge in [-0.15, -0.1) is 0 Å². The van der Waals surface area contributed by atoms with Gasteiger partial charge in [0.1, 0.15) is 17.9 Å². The molecule has 0 bridgehead atoms. The van der Waals surface area contributed by atoms with E-state index in [9.17, 15) is 5.11 Å². The number of aliphatic hydroxyl groups excluding tert-OH is 1. The van der Waals surface area contributed by atoms with Gasteiger partial charge in [-0.3, -0.25) is 5.01 Å². The number of aliphatic hydroxyl groups is 1. The molecule has 4 nitrogen and oxygen atoms in total. The number of hydrogen-bond acceptors (Lipinski definition) is 4. The van der Waals surface area contributed by atoms with Crippen molar-refractivity contribution in [3.63, 3.8) is 0 Å². The van der Waals surface area contributed by atoms with E-state index in [0.717, 1.165) is 27.0 Å². The highest BCUT2D eigenvalue weighted by atomic mass is 79.9. The quantitative estimate of drug-likeness (QED) is 0.657. The highest BCUT2D eigenvalue weighted by Crippen LogP contribution is 2.37. The molecule has 1 aliphatic heterocycles. The number of hydrogen-bond donors (Lipinski definition) is 1. The van der Waals surface area contributed by atoms with E-state index in [0.29, 0.717) is 5.71 Å². The number of hydrazone groups is 1. The molecule has 3 aromatic carbocycles. The van der Waals surface area contributed by atoms with E-state index in [2.05, 4.69) is 15.9 Å². The third-order valence-corrected chi connectivity index (χ3v) is 5.18. The molecule has 2 atom stereocenters. The minimum Gasteiger partial charge on any atom is -0.497 e. The number of halogens is 1. The van der Waals surface area contributed by atoms with Crippen molar-refractivity contribution in [1.29, 1.82) is 0 Å². The van der Waals surface area contributed by atoms with E-state index < -0.39 is 6.10 Å². The van der Waals surface area contributed by atoms with Gasteiger partial charge in [0.25, 0.3) is 0 Å². The first-order valence-electron chi connectivity index (χ1n) is 8.68. The van der Waals surface area contributed by atoms with Gasteiger partial charge in [0, 0.05) is 10.0 Å². The molecular formula is C22H19BrN2O2. The zero-order chi connectivity index (χ0) is 18.8. The van der Waals surface area contributed by atoms with E-state index in [1.54, 1.807) is 7.11 Å². The Kier molecular flexibility index (Phi) is 4.97. The summed E-state index contributed by atoms with van der Waals surface area (Å²) in [7, 11) is 1.63. The highest BCUT2D eigenvalue weighted by Gasteiger charge is 2.38. The van der Waals surface area contributed by atoms with E-state index >= 15 is 0 Å². The fraction of sp³-hybridized carbons (Fsp3) is 0.136. The van der Waals surface area contributed by atoms with Gasteiger partial charge in [-0.2, -0.15) is 5.10 Å². The molecule has 0 saturated heterocycles. The minimum absolute atomic E-state index is 0.304. The van der Waals surface area contributed by atoms with Crippen molar-refractivity contribution in [1.82, 2.24) is 0 Å². The summed E-state index contributed by atoms with van der Waals surface area (Å²) in [5, 5.41) is 17.9. The predicted octanol–water partition coefficient (Wildman–Crippen LogP) is 4.78. The van der Waals surface area contributed by atoms with Crippen molar-refractivity contribution < 1.29 is 9.84 Å². The Morgan fingerprint density at radius 2 is 1.70 bits per heavy atom. The fourth-order valence-corrected chi connectivity index (χ4v) is 3.58. The van der Waals surface area contributed by atoms with Gasteiger partial charge in [0.2, 0.25) is 0 Å². The summed E-state index contributed by atoms with van der Waals surface area (Å²) in [5.74, 6) is 0.737. The van der Waals surface area contributed by atoms with Gasteiger partial charge in [-0.1, -0.05) is 58.4 Å². The maximum Gasteiger partial charge on any atom is 0.125 e. The molecule has 0 aromatic heterocycles. The molecule has 136 valence electrons. The maximum atomic E-state index is 11.2. The van der Waals surface area contributed by atoms with Crippen LogP contribution in [-0.2, 0) is 0 Å². The van der Waals surface area contributed by atoms with Crippen LogP contribution in [0.5, 0.6) is 5.75 Å². The Balaban J connectivity index is 1.80. The second-order valence-electron chi connectivity index (χ2n) is 6.34. The van der Waals surface area contributed by atoms with Crippen LogP contribution >= 0.6 is 15.9 Å². The molecule has 0 aliphatic carbocycles. The largest absolute Gasteiger partial charge is 0.497 e. The second-order valence-corrected chi connectivity index (χ2v) is 7.25. The standard InChI is InChI=1S/C22H19BrN2O2/c1-27-19-9-5-6-16(14-19)20-22(26)21(15-10-12-17(23)13-11-15)25(24-20)18-7-3-2-4-8-18/h2-14,21-22,26H,1H3. The van der Waals surface area contributed by atoms with E-state index in [1.165, 1.54) is 0 Å². The number of para-hydroxylation sites is 1. The molecule has 1 heterocycles. The third kappa shape index (κ3) is 3.48. The lowest BCUT2D eigenvalue weighted by atomic mass is 9.95. The lowest BCUT2D eigenvalue weighted by Gasteiger charge is -2.26. The first-order chi connectivity index (χ1) is 13.2. The lowest BCUT2D eigenvalue weighted by Crippen LogP contribution is -2.29. The smallest absolute Gasteiger partial charge is 0.125 e. The van der Waals surface area contributed by atoms with Crippen molar-refractivity contribution in [2.24, 2.45) is 5.10 Å². The fourth-order valence-electron chi connectivity index (χ4n) is 3.31. The lowest BCUT2D eigenvalue weighted by molar-refractivity contribution is 0.217. The molecule has 1 N–H and O–H groups in total. The van der Waals surface area contributed by atoms with E-state index in [4.69, 9.17) is 9.84 Å². The number of anilines is 1. The van der Waals surface area contributed by atoms with Crippen molar-refractivity contribution >= 4 is 27.3 Å². The van der Waals surface area contributed by atoms with Crippen molar-refractivity contribution in [3.8, 4) is 5.75 Å². The normalized spacial score (nSPS) is 19.1. The topological polar surface area (TPSA) is 45.1 Å². The van der Waals surface area contributed by atoms with Crippen LogP contribution in [-0.4, -0.2) is 24.0 Å². The molecule has 1 aliphatic rings. The van der Waals surface area contributed by atoms with Crippen LogP contribution in [0.3, 0.4) is 0 Å². The zero-order valence-electron chi connectivity index (χ0n) is 14.8. The maximum absolute atomic E-state index is 11.2. The van der Waals surface area contributed by atoms with Crippen LogP contribution in [0, 0.1) is 0 Å². The average Bonchev–Trinajstić information content (AvgIpc) is 3.06. The summed E-state index contributed by atoms with van der Waals surface area (Å²) in [6, 6.07) is 25.2. The Morgan fingerprint density at radius 3 is 2.41 bits per heavy atom. The average molecular weight is 423 g/mol. The molecule has 5 heteroatoms. The number of ether oxygens (including phenoxy) is 1. The van der Waals surface area contributed by atoms with Crippen LogP contribution < -0.4 is 9.75 Å². The van der Waals surface area contributed by atoms with Gasteiger partial charge >= 0.3 is 0 Å². The van der Waals surface area contributed by atoms with Crippen molar-refractivity contribution in [2.75, 3.05) is 12.1 Å². The SMILES string of the molecule is COc1cccc(C2=NN(c3ccccc3)C(c3ccc(Br)cc3)C2O)c1. The van der Waals surface area contributed by atoms with Gasteiger partial charge < -0.3 is 9.84 Å². The Labute approximate surface area is 166 Å². The van der Waals surface area contributed by atoms with Crippen LogP contribution in [0.4, 0.5) is 5.69 Å². The molecule has 0 amide bonds. The van der Waals surface area contributed by atoms with Crippen molar-refractivity contribution in [3.05, 3.63) is 94.5 Å². The van der Waals surface area contributed by atoms with Crippen LogP contribution in [0.2, 0.25) is 0 Å². The van der Waals surface area contributed by atoms with E-state index in [-0.39, 0.29) is 6.04 Å². The summed E-state index contributed by atoms with van der Waals surface area (Å²) in [6.45, 7) is 0.